The second-order valence-electron chi connectivity index (χ2n) is 4.89. The highest BCUT2D eigenvalue weighted by molar-refractivity contribution is 7.11. The molecule has 0 bridgehead atoms. The van der Waals surface area contributed by atoms with Crippen molar-refractivity contribution in [1.29, 1.82) is 0 Å². The number of nitrogens with zero attached hydrogens (tertiary/aromatic N) is 5. The normalized spacial score (nSPS) is 15.1. The van der Waals surface area contributed by atoms with Crippen molar-refractivity contribution in [1.82, 2.24) is 19.9 Å². The summed E-state index contributed by atoms with van der Waals surface area (Å²) in [5, 5.41) is 0. The summed E-state index contributed by atoms with van der Waals surface area (Å²) in [4.78, 5) is 29.9. The lowest BCUT2D eigenvalue weighted by Gasteiger charge is -2.34. The molecule has 2 aromatic rings. The first-order valence-electron chi connectivity index (χ1n) is 7.02. The maximum atomic E-state index is 12.6. The standard InChI is InChI=1S/C14H17N5O2S/c1-21-9-11-12(22-10-17-11)13(20)18-5-7-19(8-6-18)14-15-3-2-4-16-14/h2-4,10H,5-9H2,1H3. The number of carbonyl (C=O) groups excluding carboxylic acids is 1. The summed E-state index contributed by atoms with van der Waals surface area (Å²) in [7, 11) is 1.60. The minimum Gasteiger partial charge on any atom is -0.378 e. The van der Waals surface area contributed by atoms with Crippen LogP contribution in [0, 0.1) is 0 Å². The van der Waals surface area contributed by atoms with Crippen molar-refractivity contribution in [3.8, 4) is 0 Å². The second kappa shape index (κ2) is 6.80. The number of hydrogen-bond donors (Lipinski definition) is 0. The van der Waals surface area contributed by atoms with Gasteiger partial charge in [0.25, 0.3) is 5.91 Å². The van der Waals surface area contributed by atoms with Gasteiger partial charge < -0.3 is 14.5 Å². The van der Waals surface area contributed by atoms with Gasteiger partial charge in [0.1, 0.15) is 4.88 Å². The molecule has 3 rings (SSSR count). The molecule has 3 heterocycles. The molecule has 1 aliphatic heterocycles. The Bertz CT molecular complexity index is 625. The smallest absolute Gasteiger partial charge is 0.266 e. The molecular formula is C14H17N5O2S. The van der Waals surface area contributed by atoms with Gasteiger partial charge in [0.05, 0.1) is 17.8 Å². The lowest BCUT2D eigenvalue weighted by molar-refractivity contribution is 0.0746. The minimum absolute atomic E-state index is 0.0307. The van der Waals surface area contributed by atoms with Crippen LogP contribution in [0.1, 0.15) is 15.4 Å². The van der Waals surface area contributed by atoms with Gasteiger partial charge in [-0.05, 0) is 6.07 Å². The van der Waals surface area contributed by atoms with Crippen LogP contribution in [-0.4, -0.2) is 59.0 Å². The molecule has 0 radical (unpaired) electrons. The number of ether oxygens (including phenoxy) is 1. The molecule has 8 heteroatoms. The molecule has 1 amide bonds. The van der Waals surface area contributed by atoms with E-state index >= 15 is 0 Å². The van der Waals surface area contributed by atoms with E-state index < -0.39 is 0 Å². The first kappa shape index (κ1) is 14.9. The number of thiazole rings is 1. The molecule has 2 aromatic heterocycles. The fourth-order valence-corrected chi connectivity index (χ4v) is 3.15. The lowest BCUT2D eigenvalue weighted by Crippen LogP contribution is -2.49. The average molecular weight is 319 g/mol. The molecule has 116 valence electrons. The Kier molecular flexibility index (Phi) is 4.59. The number of rotatable bonds is 4. The maximum absolute atomic E-state index is 12.6. The van der Waals surface area contributed by atoms with Gasteiger partial charge in [-0.3, -0.25) is 4.79 Å². The summed E-state index contributed by atoms with van der Waals surface area (Å²) in [6.07, 6.45) is 3.46. The number of piperazine rings is 1. The topological polar surface area (TPSA) is 71.5 Å². The monoisotopic (exact) mass is 319 g/mol. The number of anilines is 1. The van der Waals surface area contributed by atoms with Gasteiger partial charge in [0.2, 0.25) is 5.95 Å². The lowest BCUT2D eigenvalue weighted by atomic mass is 10.2. The van der Waals surface area contributed by atoms with Crippen LogP contribution in [0.2, 0.25) is 0 Å². The molecule has 0 N–H and O–H groups in total. The minimum atomic E-state index is 0.0307. The Balaban J connectivity index is 1.63. The van der Waals surface area contributed by atoms with Crippen molar-refractivity contribution in [3.63, 3.8) is 0 Å². The zero-order chi connectivity index (χ0) is 15.4. The summed E-state index contributed by atoms with van der Waals surface area (Å²) in [6, 6.07) is 1.80. The van der Waals surface area contributed by atoms with E-state index in [-0.39, 0.29) is 5.91 Å². The van der Waals surface area contributed by atoms with Crippen LogP contribution in [0.15, 0.2) is 24.0 Å². The third-order valence-corrected chi connectivity index (χ3v) is 4.38. The van der Waals surface area contributed by atoms with E-state index in [2.05, 4.69) is 19.9 Å². The van der Waals surface area contributed by atoms with Crippen molar-refractivity contribution in [2.24, 2.45) is 0 Å². The summed E-state index contributed by atoms with van der Waals surface area (Å²) >= 11 is 1.37. The molecule has 22 heavy (non-hydrogen) atoms. The van der Waals surface area contributed by atoms with Gasteiger partial charge in [-0.25, -0.2) is 15.0 Å². The third-order valence-electron chi connectivity index (χ3n) is 3.52. The summed E-state index contributed by atoms with van der Waals surface area (Å²) in [5.74, 6) is 0.746. The van der Waals surface area contributed by atoms with Crippen LogP contribution in [-0.2, 0) is 11.3 Å². The molecule has 0 aliphatic carbocycles. The largest absolute Gasteiger partial charge is 0.378 e. The van der Waals surface area contributed by atoms with Crippen LogP contribution < -0.4 is 4.90 Å². The average Bonchev–Trinajstić information content (AvgIpc) is 3.04. The first-order chi connectivity index (χ1) is 10.8. The number of amides is 1. The van der Waals surface area contributed by atoms with Gasteiger partial charge in [-0.2, -0.15) is 0 Å². The summed E-state index contributed by atoms with van der Waals surface area (Å²) in [6.45, 7) is 3.13. The second-order valence-corrected chi connectivity index (χ2v) is 5.74. The van der Waals surface area contributed by atoms with E-state index in [0.29, 0.717) is 36.2 Å². The SMILES string of the molecule is COCc1ncsc1C(=O)N1CCN(c2ncccn2)CC1. The fraction of sp³-hybridized carbons (Fsp3) is 0.429. The maximum Gasteiger partial charge on any atom is 0.266 e. The van der Waals surface area contributed by atoms with E-state index in [1.165, 1.54) is 11.3 Å². The van der Waals surface area contributed by atoms with Gasteiger partial charge in [-0.15, -0.1) is 11.3 Å². The van der Waals surface area contributed by atoms with Gasteiger partial charge in [0.15, 0.2) is 0 Å². The number of hydrogen-bond acceptors (Lipinski definition) is 7. The Morgan fingerprint density at radius 1 is 1.23 bits per heavy atom. The number of methoxy groups -OCH3 is 1. The highest BCUT2D eigenvalue weighted by atomic mass is 32.1. The van der Waals surface area contributed by atoms with Crippen LogP contribution in [0.5, 0.6) is 0 Å². The van der Waals surface area contributed by atoms with E-state index in [1.807, 2.05) is 4.90 Å². The third kappa shape index (κ3) is 3.07. The van der Waals surface area contributed by atoms with E-state index in [9.17, 15) is 4.79 Å². The summed E-state index contributed by atoms with van der Waals surface area (Å²) < 4.78 is 5.09. The quantitative estimate of drug-likeness (QED) is 0.838. The molecule has 1 saturated heterocycles. The molecule has 0 spiro atoms. The molecule has 1 aliphatic rings. The van der Waals surface area contributed by atoms with Gasteiger partial charge in [-0.1, -0.05) is 0 Å². The Morgan fingerprint density at radius 2 is 1.95 bits per heavy atom. The fourth-order valence-electron chi connectivity index (χ4n) is 2.39. The van der Waals surface area contributed by atoms with Crippen LogP contribution in [0.25, 0.3) is 0 Å². The van der Waals surface area contributed by atoms with Crippen molar-refractivity contribution in [3.05, 3.63) is 34.5 Å². The van der Waals surface area contributed by atoms with E-state index in [0.717, 1.165) is 13.1 Å². The number of carbonyl (C=O) groups is 1. The Labute approximate surface area is 132 Å². The van der Waals surface area contributed by atoms with E-state index in [1.54, 1.807) is 31.1 Å². The van der Waals surface area contributed by atoms with Gasteiger partial charge in [0, 0.05) is 45.7 Å². The van der Waals surface area contributed by atoms with E-state index in [4.69, 9.17) is 4.74 Å². The molecule has 7 nitrogen and oxygen atoms in total. The molecule has 1 fully saturated rings. The highest BCUT2D eigenvalue weighted by Gasteiger charge is 2.26. The molecule has 0 atom stereocenters. The molecule has 0 saturated carbocycles. The first-order valence-corrected chi connectivity index (χ1v) is 7.90. The van der Waals surface area contributed by atoms with Crippen LogP contribution in [0.4, 0.5) is 5.95 Å². The van der Waals surface area contributed by atoms with Crippen molar-refractivity contribution in [2.45, 2.75) is 6.61 Å². The Hall–Kier alpha value is -2.06. The summed E-state index contributed by atoms with van der Waals surface area (Å²) in [5.41, 5.74) is 2.40. The van der Waals surface area contributed by atoms with Crippen LogP contribution >= 0.6 is 11.3 Å². The van der Waals surface area contributed by atoms with Crippen molar-refractivity contribution in [2.75, 3.05) is 38.2 Å². The zero-order valence-corrected chi connectivity index (χ0v) is 13.1. The van der Waals surface area contributed by atoms with Crippen molar-refractivity contribution >= 4 is 23.2 Å². The zero-order valence-electron chi connectivity index (χ0n) is 12.3. The molecular weight excluding hydrogens is 302 g/mol. The molecule has 0 unspecified atom stereocenters. The predicted octanol–water partition coefficient (Wildman–Crippen LogP) is 1.04. The van der Waals surface area contributed by atoms with Gasteiger partial charge >= 0.3 is 0 Å². The Morgan fingerprint density at radius 3 is 2.64 bits per heavy atom. The van der Waals surface area contributed by atoms with Crippen LogP contribution in [0.3, 0.4) is 0 Å². The predicted molar refractivity (Wildman–Crippen MR) is 83.0 cm³/mol. The van der Waals surface area contributed by atoms with Crippen molar-refractivity contribution < 1.29 is 9.53 Å². The molecule has 0 aromatic carbocycles. The number of aromatic nitrogens is 3. The highest BCUT2D eigenvalue weighted by Crippen LogP contribution is 2.19.